The highest BCUT2D eigenvalue weighted by molar-refractivity contribution is 6.17. The summed E-state index contributed by atoms with van der Waals surface area (Å²) in [6.07, 6.45) is 5.36. The largest absolute Gasteiger partial charge is 0.373 e. The maximum Gasteiger partial charge on any atom is 0.101 e. The third kappa shape index (κ3) is 2.97. The van der Waals surface area contributed by atoms with Crippen LogP contribution in [0.1, 0.15) is 36.8 Å². The normalized spacial score (nSPS) is 15.6. The summed E-state index contributed by atoms with van der Waals surface area (Å²) in [4.78, 5) is 2.21. The Bertz CT molecular complexity index is 444. The molecule has 0 unspecified atom stereocenters. The number of anilines is 1. The highest BCUT2D eigenvalue weighted by Gasteiger charge is 2.18. The van der Waals surface area contributed by atoms with Gasteiger partial charge in [-0.15, -0.1) is 11.6 Å². The molecule has 0 bridgehead atoms. The fourth-order valence-corrected chi connectivity index (χ4v) is 2.93. The number of benzene rings is 1. The molecule has 1 aromatic carbocycles. The van der Waals surface area contributed by atoms with E-state index in [1.54, 1.807) is 0 Å². The third-order valence-corrected chi connectivity index (χ3v) is 4.06. The van der Waals surface area contributed by atoms with E-state index in [9.17, 15) is 5.26 Å². The molecule has 0 aliphatic heterocycles. The molecular weight excluding hydrogens is 244 g/mol. The van der Waals surface area contributed by atoms with Gasteiger partial charge in [0, 0.05) is 19.5 Å². The molecule has 2 nitrogen and oxygen atoms in total. The lowest BCUT2D eigenvalue weighted by Crippen LogP contribution is -2.24. The fraction of sp³-hybridized carbons (Fsp3) is 0.533. The molecule has 0 atom stereocenters. The van der Waals surface area contributed by atoms with Gasteiger partial charge in [0.1, 0.15) is 6.07 Å². The minimum Gasteiger partial charge on any atom is -0.373 e. The number of nitrogens with zero attached hydrogens (tertiary/aromatic N) is 2. The molecule has 3 heteroatoms. The van der Waals surface area contributed by atoms with Gasteiger partial charge in [0.15, 0.2) is 0 Å². The van der Waals surface area contributed by atoms with Crippen LogP contribution in [-0.2, 0) is 5.88 Å². The predicted octanol–water partition coefficient (Wildman–Crippen LogP) is 3.92. The van der Waals surface area contributed by atoms with Crippen molar-refractivity contribution in [2.24, 2.45) is 5.92 Å². The number of alkyl halides is 1. The van der Waals surface area contributed by atoms with Crippen molar-refractivity contribution in [1.82, 2.24) is 0 Å². The lowest BCUT2D eigenvalue weighted by atomic mass is 10.1. The topological polar surface area (TPSA) is 27.0 Å². The summed E-state index contributed by atoms with van der Waals surface area (Å²) in [5.74, 6) is 1.25. The minimum absolute atomic E-state index is 0.460. The van der Waals surface area contributed by atoms with Crippen LogP contribution in [0.15, 0.2) is 18.2 Å². The van der Waals surface area contributed by atoms with Crippen LogP contribution in [0.4, 0.5) is 5.69 Å². The van der Waals surface area contributed by atoms with Crippen LogP contribution in [0.25, 0.3) is 0 Å². The van der Waals surface area contributed by atoms with Crippen LogP contribution in [0.2, 0.25) is 0 Å². The highest BCUT2D eigenvalue weighted by atomic mass is 35.5. The molecule has 0 aromatic heterocycles. The predicted molar refractivity (Wildman–Crippen MR) is 75.9 cm³/mol. The van der Waals surface area contributed by atoms with Crippen molar-refractivity contribution >= 4 is 17.3 Å². The Morgan fingerprint density at radius 1 is 1.39 bits per heavy atom. The van der Waals surface area contributed by atoms with Crippen molar-refractivity contribution in [3.63, 3.8) is 0 Å². The third-order valence-electron chi connectivity index (χ3n) is 3.75. The molecule has 0 heterocycles. The van der Waals surface area contributed by atoms with Crippen LogP contribution >= 0.6 is 11.6 Å². The molecule has 0 N–H and O–H groups in total. The number of hydrogen-bond donors (Lipinski definition) is 0. The first-order valence-electron chi connectivity index (χ1n) is 6.54. The lowest BCUT2D eigenvalue weighted by molar-refractivity contribution is 0.547. The quantitative estimate of drug-likeness (QED) is 0.769. The minimum atomic E-state index is 0.460. The van der Waals surface area contributed by atoms with Gasteiger partial charge >= 0.3 is 0 Å². The molecule has 0 radical (unpaired) electrons. The van der Waals surface area contributed by atoms with Gasteiger partial charge in [-0.3, -0.25) is 0 Å². The van der Waals surface area contributed by atoms with E-state index < -0.39 is 0 Å². The number of nitriles is 1. The first kappa shape index (κ1) is 13.2. The van der Waals surface area contributed by atoms with E-state index in [0.29, 0.717) is 5.88 Å². The molecule has 0 amide bonds. The smallest absolute Gasteiger partial charge is 0.101 e. The number of rotatable bonds is 4. The molecule has 0 spiro atoms. The van der Waals surface area contributed by atoms with E-state index in [4.69, 9.17) is 11.6 Å². The van der Waals surface area contributed by atoms with E-state index >= 15 is 0 Å². The van der Waals surface area contributed by atoms with Crippen molar-refractivity contribution in [2.45, 2.75) is 31.6 Å². The van der Waals surface area contributed by atoms with Crippen LogP contribution in [0, 0.1) is 17.2 Å². The number of hydrogen-bond acceptors (Lipinski definition) is 2. The van der Waals surface area contributed by atoms with Gasteiger partial charge in [0.2, 0.25) is 0 Å². The summed E-state index contributed by atoms with van der Waals surface area (Å²) in [6.45, 7) is 1.05. The van der Waals surface area contributed by atoms with Gasteiger partial charge < -0.3 is 4.90 Å². The van der Waals surface area contributed by atoms with Crippen molar-refractivity contribution < 1.29 is 0 Å². The van der Waals surface area contributed by atoms with Gasteiger partial charge in [-0.2, -0.15) is 5.26 Å². The molecule has 1 aromatic rings. The van der Waals surface area contributed by atoms with E-state index in [2.05, 4.69) is 18.0 Å². The van der Waals surface area contributed by atoms with E-state index in [1.165, 1.54) is 25.7 Å². The molecule has 1 aliphatic carbocycles. The van der Waals surface area contributed by atoms with Crippen molar-refractivity contribution in [3.8, 4) is 6.07 Å². The number of halogens is 1. The second kappa shape index (κ2) is 6.11. The Kier molecular flexibility index (Phi) is 4.49. The highest BCUT2D eigenvalue weighted by Crippen LogP contribution is 2.28. The zero-order valence-electron chi connectivity index (χ0n) is 10.8. The average Bonchev–Trinajstić information content (AvgIpc) is 2.90. The van der Waals surface area contributed by atoms with Crippen LogP contribution < -0.4 is 4.90 Å². The van der Waals surface area contributed by atoms with Crippen LogP contribution in [0.5, 0.6) is 0 Å². The van der Waals surface area contributed by atoms with Gasteiger partial charge in [0.05, 0.1) is 11.3 Å². The Morgan fingerprint density at radius 3 is 2.72 bits per heavy atom. The molecule has 1 aliphatic rings. The Labute approximate surface area is 114 Å². The summed E-state index contributed by atoms with van der Waals surface area (Å²) >= 11 is 5.80. The second-order valence-electron chi connectivity index (χ2n) is 5.13. The molecule has 18 heavy (non-hydrogen) atoms. The first-order valence-corrected chi connectivity index (χ1v) is 7.08. The molecule has 2 rings (SSSR count). The average molecular weight is 263 g/mol. The Balaban J connectivity index is 2.13. The summed E-state index contributed by atoms with van der Waals surface area (Å²) in [5.41, 5.74) is 2.76. The summed E-state index contributed by atoms with van der Waals surface area (Å²) in [5, 5.41) is 9.23. The monoisotopic (exact) mass is 262 g/mol. The SMILES string of the molecule is CN(CC1CCCC1)c1ccc(CCl)cc1C#N. The fourth-order valence-electron chi connectivity index (χ4n) is 2.77. The van der Waals surface area contributed by atoms with E-state index in [-0.39, 0.29) is 0 Å². The van der Waals surface area contributed by atoms with E-state index in [0.717, 1.165) is 29.3 Å². The summed E-state index contributed by atoms with van der Waals surface area (Å²) < 4.78 is 0. The molecule has 1 fully saturated rings. The van der Waals surface area contributed by atoms with Gasteiger partial charge in [0.25, 0.3) is 0 Å². The van der Waals surface area contributed by atoms with E-state index in [1.807, 2.05) is 18.2 Å². The Morgan fingerprint density at radius 2 is 2.11 bits per heavy atom. The van der Waals surface area contributed by atoms with Gasteiger partial charge in [-0.1, -0.05) is 18.9 Å². The zero-order chi connectivity index (χ0) is 13.0. The maximum atomic E-state index is 9.23. The standard InChI is InChI=1S/C15H19ClN2/c1-18(11-12-4-2-3-5-12)15-7-6-13(9-16)8-14(15)10-17/h6-8,12H,2-5,9,11H2,1H3. The van der Waals surface area contributed by atoms with Crippen LogP contribution in [0.3, 0.4) is 0 Å². The zero-order valence-corrected chi connectivity index (χ0v) is 11.6. The van der Waals surface area contributed by atoms with Crippen LogP contribution in [-0.4, -0.2) is 13.6 Å². The maximum absolute atomic E-state index is 9.23. The van der Waals surface area contributed by atoms with Crippen molar-refractivity contribution in [2.75, 3.05) is 18.5 Å². The first-order chi connectivity index (χ1) is 8.74. The molecule has 96 valence electrons. The van der Waals surface area contributed by atoms with Crippen molar-refractivity contribution in [3.05, 3.63) is 29.3 Å². The molecule has 1 saturated carbocycles. The van der Waals surface area contributed by atoms with Gasteiger partial charge in [-0.25, -0.2) is 0 Å². The second-order valence-corrected chi connectivity index (χ2v) is 5.40. The summed E-state index contributed by atoms with van der Waals surface area (Å²) in [7, 11) is 2.08. The van der Waals surface area contributed by atoms with Gasteiger partial charge in [-0.05, 0) is 36.5 Å². The molecular formula is C15H19ClN2. The molecule has 0 saturated heterocycles. The lowest BCUT2D eigenvalue weighted by Gasteiger charge is -2.24. The summed E-state index contributed by atoms with van der Waals surface area (Å²) in [6, 6.07) is 8.20. The Hall–Kier alpha value is -1.20. The van der Waals surface area contributed by atoms with Crippen molar-refractivity contribution in [1.29, 1.82) is 5.26 Å².